The van der Waals surface area contributed by atoms with Crippen molar-refractivity contribution in [1.29, 1.82) is 0 Å². The Hall–Kier alpha value is -0.0800. The first-order valence-electron chi connectivity index (χ1n) is 7.10. The summed E-state index contributed by atoms with van der Waals surface area (Å²) in [6.45, 7) is 7.34. The first-order chi connectivity index (χ1) is 7.66. The van der Waals surface area contributed by atoms with Gasteiger partial charge >= 0.3 is 0 Å². The van der Waals surface area contributed by atoms with Gasteiger partial charge in [-0.2, -0.15) is 0 Å². The van der Waals surface area contributed by atoms with E-state index in [0.717, 1.165) is 23.9 Å². The molecule has 2 heteroatoms. The summed E-state index contributed by atoms with van der Waals surface area (Å²) in [7, 11) is 2.33. The van der Waals surface area contributed by atoms with Crippen LogP contribution in [0.5, 0.6) is 0 Å². The monoisotopic (exact) mass is 224 g/mol. The Morgan fingerprint density at radius 3 is 2.62 bits per heavy atom. The minimum absolute atomic E-state index is 0.761. The number of nitrogens with one attached hydrogen (secondary N) is 1. The Labute approximate surface area is 101 Å². The molecule has 0 amide bonds. The van der Waals surface area contributed by atoms with Crippen molar-refractivity contribution in [3.8, 4) is 0 Å². The van der Waals surface area contributed by atoms with Gasteiger partial charge in [-0.15, -0.1) is 0 Å². The molecule has 0 aromatic heterocycles. The molecule has 94 valence electrons. The lowest BCUT2D eigenvalue weighted by Gasteiger charge is -2.39. The lowest BCUT2D eigenvalue weighted by Crippen LogP contribution is -2.45. The maximum atomic E-state index is 3.61. The van der Waals surface area contributed by atoms with Crippen LogP contribution in [0.3, 0.4) is 0 Å². The van der Waals surface area contributed by atoms with E-state index < -0.39 is 0 Å². The van der Waals surface area contributed by atoms with Crippen LogP contribution in [0.25, 0.3) is 0 Å². The van der Waals surface area contributed by atoms with Crippen LogP contribution in [-0.2, 0) is 0 Å². The third-order valence-electron chi connectivity index (χ3n) is 4.62. The molecule has 2 rings (SSSR count). The second-order valence-electron chi connectivity index (χ2n) is 6.20. The van der Waals surface area contributed by atoms with Crippen molar-refractivity contribution in [2.75, 3.05) is 20.1 Å². The molecule has 16 heavy (non-hydrogen) atoms. The molecule has 0 spiro atoms. The molecule has 1 aliphatic carbocycles. The van der Waals surface area contributed by atoms with Gasteiger partial charge in [0.05, 0.1) is 0 Å². The van der Waals surface area contributed by atoms with Crippen LogP contribution in [0.4, 0.5) is 0 Å². The molecule has 0 radical (unpaired) electrons. The maximum Gasteiger partial charge on any atom is 0.0195 e. The molecular formula is C14H28N2. The van der Waals surface area contributed by atoms with Crippen molar-refractivity contribution in [3.63, 3.8) is 0 Å². The van der Waals surface area contributed by atoms with Crippen LogP contribution in [-0.4, -0.2) is 37.1 Å². The summed E-state index contributed by atoms with van der Waals surface area (Å²) in [6, 6.07) is 1.59. The summed E-state index contributed by atoms with van der Waals surface area (Å²) in [4.78, 5) is 2.62. The molecule has 1 aliphatic heterocycles. The average molecular weight is 224 g/mol. The van der Waals surface area contributed by atoms with Gasteiger partial charge in [-0.05, 0) is 57.5 Å². The first kappa shape index (κ1) is 12.4. The van der Waals surface area contributed by atoms with E-state index in [9.17, 15) is 0 Å². The van der Waals surface area contributed by atoms with E-state index in [-0.39, 0.29) is 0 Å². The summed E-state index contributed by atoms with van der Waals surface area (Å²) in [5.41, 5.74) is 0. The SMILES string of the molecule is CC1CCC(N(C)CC2CCCN2)C(C)C1. The van der Waals surface area contributed by atoms with Crippen LogP contribution < -0.4 is 5.32 Å². The Bertz CT molecular complexity index is 211. The van der Waals surface area contributed by atoms with E-state index in [4.69, 9.17) is 0 Å². The average Bonchev–Trinajstić information content (AvgIpc) is 2.70. The highest BCUT2D eigenvalue weighted by Gasteiger charge is 2.29. The predicted octanol–water partition coefficient (Wildman–Crippen LogP) is 2.49. The van der Waals surface area contributed by atoms with E-state index in [1.165, 1.54) is 45.2 Å². The van der Waals surface area contributed by atoms with Gasteiger partial charge in [0.2, 0.25) is 0 Å². The Balaban J connectivity index is 1.81. The maximum absolute atomic E-state index is 3.61. The summed E-state index contributed by atoms with van der Waals surface area (Å²) in [5, 5.41) is 3.61. The van der Waals surface area contributed by atoms with Gasteiger partial charge in [0, 0.05) is 18.6 Å². The highest BCUT2D eigenvalue weighted by molar-refractivity contribution is 4.85. The number of rotatable bonds is 3. The second kappa shape index (κ2) is 5.50. The molecule has 0 aromatic carbocycles. The summed E-state index contributed by atoms with van der Waals surface area (Å²) >= 11 is 0. The lowest BCUT2D eigenvalue weighted by molar-refractivity contribution is 0.109. The summed E-state index contributed by atoms with van der Waals surface area (Å²) in [6.07, 6.45) is 7.01. The smallest absolute Gasteiger partial charge is 0.0195 e. The molecule has 1 saturated heterocycles. The largest absolute Gasteiger partial charge is 0.313 e. The molecule has 1 N–H and O–H groups in total. The van der Waals surface area contributed by atoms with Gasteiger partial charge in [-0.1, -0.05) is 13.8 Å². The third-order valence-corrected chi connectivity index (χ3v) is 4.62. The van der Waals surface area contributed by atoms with E-state index in [0.29, 0.717) is 0 Å². The van der Waals surface area contributed by atoms with Crippen LogP contribution in [0.2, 0.25) is 0 Å². The Morgan fingerprint density at radius 2 is 2.00 bits per heavy atom. The van der Waals surface area contributed by atoms with Crippen molar-refractivity contribution in [2.24, 2.45) is 11.8 Å². The molecule has 1 heterocycles. The molecule has 2 fully saturated rings. The highest BCUT2D eigenvalue weighted by atomic mass is 15.2. The van der Waals surface area contributed by atoms with Gasteiger partial charge in [0.15, 0.2) is 0 Å². The quantitative estimate of drug-likeness (QED) is 0.792. The summed E-state index contributed by atoms with van der Waals surface area (Å²) in [5.74, 6) is 1.83. The predicted molar refractivity (Wildman–Crippen MR) is 69.6 cm³/mol. The van der Waals surface area contributed by atoms with Gasteiger partial charge in [0.25, 0.3) is 0 Å². The van der Waals surface area contributed by atoms with E-state index in [1.807, 2.05) is 0 Å². The lowest BCUT2D eigenvalue weighted by atomic mass is 9.79. The number of likely N-dealkylation sites (N-methyl/N-ethyl adjacent to an activating group) is 1. The Morgan fingerprint density at radius 1 is 1.19 bits per heavy atom. The number of hydrogen-bond donors (Lipinski definition) is 1. The fourth-order valence-corrected chi connectivity index (χ4v) is 3.70. The van der Waals surface area contributed by atoms with Crippen molar-refractivity contribution in [2.45, 2.75) is 58.0 Å². The molecule has 4 unspecified atom stereocenters. The standard InChI is InChI=1S/C14H28N2/c1-11-6-7-14(12(2)9-11)16(3)10-13-5-4-8-15-13/h11-15H,4-10H2,1-3H3. The van der Waals surface area contributed by atoms with Gasteiger partial charge in [-0.3, -0.25) is 0 Å². The van der Waals surface area contributed by atoms with E-state index in [2.05, 4.69) is 31.1 Å². The molecule has 0 bridgehead atoms. The van der Waals surface area contributed by atoms with Gasteiger partial charge < -0.3 is 10.2 Å². The normalized spacial score (nSPS) is 40.5. The molecule has 0 aromatic rings. The zero-order valence-corrected chi connectivity index (χ0v) is 11.2. The van der Waals surface area contributed by atoms with Crippen molar-refractivity contribution < 1.29 is 0 Å². The fourth-order valence-electron chi connectivity index (χ4n) is 3.70. The van der Waals surface area contributed by atoms with Crippen LogP contribution >= 0.6 is 0 Å². The number of hydrogen-bond acceptors (Lipinski definition) is 2. The van der Waals surface area contributed by atoms with Gasteiger partial charge in [0.1, 0.15) is 0 Å². The number of nitrogens with zero attached hydrogens (tertiary/aromatic N) is 1. The van der Waals surface area contributed by atoms with E-state index >= 15 is 0 Å². The third kappa shape index (κ3) is 2.98. The van der Waals surface area contributed by atoms with Crippen LogP contribution in [0, 0.1) is 11.8 Å². The molecule has 4 atom stereocenters. The zero-order chi connectivity index (χ0) is 11.5. The topological polar surface area (TPSA) is 15.3 Å². The Kier molecular flexibility index (Phi) is 4.26. The molecule has 1 saturated carbocycles. The summed E-state index contributed by atoms with van der Waals surface area (Å²) < 4.78 is 0. The minimum atomic E-state index is 0.761. The molecule has 2 aliphatic rings. The first-order valence-corrected chi connectivity index (χ1v) is 7.10. The van der Waals surface area contributed by atoms with Crippen LogP contribution in [0.15, 0.2) is 0 Å². The molecule has 2 nitrogen and oxygen atoms in total. The zero-order valence-electron chi connectivity index (χ0n) is 11.2. The van der Waals surface area contributed by atoms with Crippen molar-refractivity contribution in [3.05, 3.63) is 0 Å². The van der Waals surface area contributed by atoms with Gasteiger partial charge in [-0.25, -0.2) is 0 Å². The van der Waals surface area contributed by atoms with Crippen molar-refractivity contribution >= 4 is 0 Å². The fraction of sp³-hybridized carbons (Fsp3) is 1.00. The van der Waals surface area contributed by atoms with Crippen molar-refractivity contribution in [1.82, 2.24) is 10.2 Å². The molecular weight excluding hydrogens is 196 g/mol. The minimum Gasteiger partial charge on any atom is -0.313 e. The van der Waals surface area contributed by atoms with Crippen LogP contribution in [0.1, 0.15) is 46.0 Å². The second-order valence-corrected chi connectivity index (χ2v) is 6.20. The van der Waals surface area contributed by atoms with E-state index in [1.54, 1.807) is 0 Å². The highest BCUT2D eigenvalue weighted by Crippen LogP contribution is 2.31.